The highest BCUT2D eigenvalue weighted by Crippen LogP contribution is 2.31. The summed E-state index contributed by atoms with van der Waals surface area (Å²) in [7, 11) is 0. The van der Waals surface area contributed by atoms with E-state index in [0.717, 1.165) is 40.1 Å². The van der Waals surface area contributed by atoms with Crippen LogP contribution in [0.1, 0.15) is 36.2 Å². The van der Waals surface area contributed by atoms with Crippen LogP contribution in [-0.4, -0.2) is 44.5 Å². The summed E-state index contributed by atoms with van der Waals surface area (Å²) in [5.74, 6) is 1.98. The second-order valence-corrected chi connectivity index (χ2v) is 9.08. The first kappa shape index (κ1) is 20.6. The number of hydrogen-bond acceptors (Lipinski definition) is 7. The molecule has 2 aliphatic heterocycles. The Kier molecular flexibility index (Phi) is 5.51. The van der Waals surface area contributed by atoms with Crippen LogP contribution in [0.15, 0.2) is 12.1 Å². The quantitative estimate of drug-likeness (QED) is 0.368. The molecule has 3 N–H and O–H groups in total. The number of nitrogens with two attached hydrogens (primary N) is 1. The Morgan fingerprint density at radius 1 is 1.29 bits per heavy atom. The summed E-state index contributed by atoms with van der Waals surface area (Å²) in [6.45, 7) is 2.00. The highest BCUT2D eigenvalue weighted by Gasteiger charge is 2.24. The van der Waals surface area contributed by atoms with E-state index in [2.05, 4.69) is 55.0 Å². The van der Waals surface area contributed by atoms with Gasteiger partial charge in [-0.2, -0.15) is 14.4 Å². The molecule has 1 atom stereocenters. The lowest BCUT2D eigenvalue weighted by molar-refractivity contribution is -0.118. The van der Waals surface area contributed by atoms with Crippen molar-refractivity contribution in [3.05, 3.63) is 38.7 Å². The van der Waals surface area contributed by atoms with E-state index in [1.165, 1.54) is 5.56 Å². The SMILES string of the molecule is Nc1nc(F)nc2c1nc(Cc1cc3c(cc1I)OCC3)n2CCCC1NCCC1=O. The van der Waals surface area contributed by atoms with Gasteiger partial charge in [0, 0.05) is 35.9 Å². The van der Waals surface area contributed by atoms with Crippen LogP contribution in [0, 0.1) is 9.65 Å². The van der Waals surface area contributed by atoms with Crippen molar-refractivity contribution >= 4 is 45.4 Å². The Hall–Kier alpha value is -2.34. The molecule has 10 heteroatoms. The van der Waals surface area contributed by atoms with Crippen molar-refractivity contribution < 1.29 is 13.9 Å². The number of rotatable bonds is 6. The van der Waals surface area contributed by atoms with E-state index in [9.17, 15) is 9.18 Å². The molecule has 0 aliphatic carbocycles. The summed E-state index contributed by atoms with van der Waals surface area (Å²) in [6, 6.07) is 4.10. The number of Topliss-reactive ketones (excluding diaryl/α,β-unsaturated/α-hetero) is 1. The second kappa shape index (κ2) is 8.30. The zero-order chi connectivity index (χ0) is 21.5. The number of nitrogens with zero attached hydrogens (tertiary/aromatic N) is 4. The Bertz CT molecular complexity index is 1180. The van der Waals surface area contributed by atoms with Crippen LogP contribution in [0.5, 0.6) is 5.75 Å². The maximum absolute atomic E-state index is 13.9. The van der Waals surface area contributed by atoms with Crippen molar-refractivity contribution in [1.29, 1.82) is 0 Å². The summed E-state index contributed by atoms with van der Waals surface area (Å²) < 4.78 is 22.6. The molecular weight excluding hydrogens is 514 g/mol. The standard InChI is InChI=1S/C21H22FIN6O2/c22-21-27-19(24)18-20(28-21)29(6-1-2-14-15(30)3-5-25-14)17(26-18)9-12-8-11-4-7-31-16(11)10-13(12)23/h8,10,14,25H,1-7,9H2,(H2,24,27,28). The van der Waals surface area contributed by atoms with Gasteiger partial charge in [-0.1, -0.05) is 6.07 Å². The minimum atomic E-state index is -0.866. The van der Waals surface area contributed by atoms with Crippen LogP contribution in [0.25, 0.3) is 11.2 Å². The molecule has 0 saturated carbocycles. The van der Waals surface area contributed by atoms with Crippen molar-refractivity contribution in [2.24, 2.45) is 0 Å². The number of aromatic nitrogens is 4. The van der Waals surface area contributed by atoms with Gasteiger partial charge in [0.15, 0.2) is 22.8 Å². The molecule has 162 valence electrons. The first-order chi connectivity index (χ1) is 15.0. The number of benzene rings is 1. The fourth-order valence-corrected chi connectivity index (χ4v) is 4.97. The van der Waals surface area contributed by atoms with Crippen molar-refractivity contribution in [2.45, 2.75) is 44.7 Å². The highest BCUT2D eigenvalue weighted by atomic mass is 127. The number of fused-ring (bicyclic) bond motifs is 2. The summed E-state index contributed by atoms with van der Waals surface area (Å²) in [4.78, 5) is 24.2. The lowest BCUT2D eigenvalue weighted by Gasteiger charge is -2.13. The molecule has 0 spiro atoms. The largest absolute Gasteiger partial charge is 0.493 e. The fraction of sp³-hybridized carbons (Fsp3) is 0.429. The number of anilines is 1. The van der Waals surface area contributed by atoms with Gasteiger partial charge in [0.05, 0.1) is 12.6 Å². The number of carbonyl (C=O) groups excluding carboxylic acids is 1. The fourth-order valence-electron chi connectivity index (χ4n) is 4.34. The number of ether oxygens (including phenoxy) is 1. The topological polar surface area (TPSA) is 108 Å². The Morgan fingerprint density at radius 3 is 2.97 bits per heavy atom. The summed E-state index contributed by atoms with van der Waals surface area (Å²) in [5.41, 5.74) is 9.06. The number of imidazole rings is 1. The molecule has 31 heavy (non-hydrogen) atoms. The minimum Gasteiger partial charge on any atom is -0.493 e. The molecule has 1 fully saturated rings. The Balaban J connectivity index is 1.47. The molecule has 1 saturated heterocycles. The molecule has 4 heterocycles. The Morgan fingerprint density at radius 2 is 2.16 bits per heavy atom. The molecule has 1 unspecified atom stereocenters. The summed E-state index contributed by atoms with van der Waals surface area (Å²) >= 11 is 2.30. The number of nitrogens with one attached hydrogen (secondary N) is 1. The number of hydrogen-bond donors (Lipinski definition) is 2. The van der Waals surface area contributed by atoms with Crippen LogP contribution < -0.4 is 15.8 Å². The van der Waals surface area contributed by atoms with E-state index in [4.69, 9.17) is 10.5 Å². The number of ketones is 1. The molecule has 0 radical (unpaired) electrons. The van der Waals surface area contributed by atoms with Crippen LogP contribution >= 0.6 is 22.6 Å². The third kappa shape index (κ3) is 3.98. The molecular formula is C21H22FIN6O2. The van der Waals surface area contributed by atoms with Crippen molar-refractivity contribution in [2.75, 3.05) is 18.9 Å². The summed E-state index contributed by atoms with van der Waals surface area (Å²) in [5, 5.41) is 3.23. The maximum atomic E-state index is 13.9. The molecule has 5 rings (SSSR count). The molecule has 1 aromatic carbocycles. The predicted molar refractivity (Wildman–Crippen MR) is 122 cm³/mol. The van der Waals surface area contributed by atoms with E-state index in [1.807, 2.05) is 4.57 Å². The van der Waals surface area contributed by atoms with Gasteiger partial charge in [-0.25, -0.2) is 4.98 Å². The monoisotopic (exact) mass is 536 g/mol. The van der Waals surface area contributed by atoms with E-state index in [1.54, 1.807) is 0 Å². The highest BCUT2D eigenvalue weighted by molar-refractivity contribution is 14.1. The molecule has 0 bridgehead atoms. The maximum Gasteiger partial charge on any atom is 0.312 e. The van der Waals surface area contributed by atoms with Crippen LogP contribution in [0.3, 0.4) is 0 Å². The lowest BCUT2D eigenvalue weighted by atomic mass is 10.1. The van der Waals surface area contributed by atoms with Gasteiger partial charge >= 0.3 is 6.08 Å². The van der Waals surface area contributed by atoms with E-state index in [-0.39, 0.29) is 17.6 Å². The predicted octanol–water partition coefficient (Wildman–Crippen LogP) is 2.39. The zero-order valence-electron chi connectivity index (χ0n) is 16.8. The first-order valence-electron chi connectivity index (χ1n) is 10.4. The van der Waals surface area contributed by atoms with Crippen molar-refractivity contribution in [1.82, 2.24) is 24.8 Å². The van der Waals surface area contributed by atoms with Crippen LogP contribution in [-0.2, 0) is 24.2 Å². The van der Waals surface area contributed by atoms with Gasteiger partial charge in [0.2, 0.25) is 0 Å². The van der Waals surface area contributed by atoms with Crippen molar-refractivity contribution in [3.63, 3.8) is 0 Å². The van der Waals surface area contributed by atoms with Gasteiger partial charge < -0.3 is 20.4 Å². The molecule has 8 nitrogen and oxygen atoms in total. The normalized spacial score (nSPS) is 18.0. The average molecular weight is 536 g/mol. The van der Waals surface area contributed by atoms with Crippen LogP contribution in [0.4, 0.5) is 10.2 Å². The first-order valence-corrected chi connectivity index (χ1v) is 11.5. The molecule has 3 aromatic rings. The van der Waals surface area contributed by atoms with E-state index in [0.29, 0.717) is 43.6 Å². The Labute approximate surface area is 191 Å². The molecule has 2 aliphatic rings. The average Bonchev–Trinajstić information content (AvgIpc) is 3.43. The third-order valence-electron chi connectivity index (χ3n) is 5.91. The van der Waals surface area contributed by atoms with E-state index >= 15 is 0 Å². The number of nitrogen functional groups attached to an aromatic ring is 1. The number of aryl methyl sites for hydroxylation is 1. The van der Waals surface area contributed by atoms with E-state index < -0.39 is 6.08 Å². The van der Waals surface area contributed by atoms with Gasteiger partial charge in [0.25, 0.3) is 0 Å². The van der Waals surface area contributed by atoms with Gasteiger partial charge in [-0.3, -0.25) is 4.79 Å². The smallest absolute Gasteiger partial charge is 0.312 e. The summed E-state index contributed by atoms with van der Waals surface area (Å²) in [6.07, 6.45) is 2.62. The van der Waals surface area contributed by atoms with Gasteiger partial charge in [0.1, 0.15) is 11.6 Å². The lowest BCUT2D eigenvalue weighted by Crippen LogP contribution is -2.27. The van der Waals surface area contributed by atoms with Crippen LogP contribution in [0.2, 0.25) is 0 Å². The van der Waals surface area contributed by atoms with Crippen molar-refractivity contribution in [3.8, 4) is 5.75 Å². The van der Waals surface area contributed by atoms with Gasteiger partial charge in [-0.15, -0.1) is 0 Å². The minimum absolute atomic E-state index is 0.0344. The second-order valence-electron chi connectivity index (χ2n) is 7.92. The number of halogens is 2. The van der Waals surface area contributed by atoms with Gasteiger partial charge in [-0.05, 0) is 52.6 Å². The zero-order valence-corrected chi connectivity index (χ0v) is 19.0. The molecule has 2 aromatic heterocycles. The number of carbonyl (C=O) groups is 1. The molecule has 0 amide bonds. The third-order valence-corrected chi connectivity index (χ3v) is 6.91.